The molecule has 0 radical (unpaired) electrons. The first kappa shape index (κ1) is 15.0. The molecule has 0 N–H and O–H groups in total. The van der Waals surface area contributed by atoms with Crippen LogP contribution in [0.15, 0.2) is 12.1 Å². The molecular weight excluding hydrogens is 316 g/mol. The van der Waals surface area contributed by atoms with Crippen LogP contribution in [0.4, 0.5) is 14.0 Å². The Morgan fingerprint density at radius 2 is 2.10 bits per heavy atom. The predicted molar refractivity (Wildman–Crippen MR) is 68.7 cm³/mol. The Morgan fingerprint density at radius 1 is 1.45 bits per heavy atom. The van der Waals surface area contributed by atoms with Crippen molar-refractivity contribution in [2.75, 3.05) is 18.6 Å². The lowest BCUT2D eigenvalue weighted by Gasteiger charge is -2.19. The molecule has 1 atom stereocenters. The molecule has 0 aliphatic carbocycles. The average molecular weight is 326 g/mol. The summed E-state index contributed by atoms with van der Waals surface area (Å²) in [5.41, 5.74) is -0.304. The Morgan fingerprint density at radius 3 is 2.60 bits per heavy atom. The van der Waals surface area contributed by atoms with Crippen LogP contribution in [0.1, 0.15) is 6.42 Å². The molecule has 5 nitrogen and oxygen atoms in total. The van der Waals surface area contributed by atoms with Crippen molar-refractivity contribution in [3.05, 3.63) is 23.0 Å². The molecule has 1 unspecified atom stereocenters. The maximum atomic E-state index is 14.1. The number of carbonyl (C=O) groups is 1. The van der Waals surface area contributed by atoms with E-state index in [1.165, 1.54) is 19.2 Å². The van der Waals surface area contributed by atoms with Gasteiger partial charge in [0.15, 0.2) is 11.6 Å². The van der Waals surface area contributed by atoms with E-state index in [-0.39, 0.29) is 16.5 Å². The Hall–Kier alpha value is -1.41. The Labute approximate surface area is 119 Å². The van der Waals surface area contributed by atoms with E-state index >= 15 is 0 Å². The second-order valence-corrected chi connectivity index (χ2v) is 6.24. The number of nitrogens with zero attached hydrogens (tertiary/aromatic N) is 1. The Kier molecular flexibility index (Phi) is 3.88. The molecule has 20 heavy (non-hydrogen) atoms. The molecule has 9 heteroatoms. The first-order chi connectivity index (χ1) is 9.25. The summed E-state index contributed by atoms with van der Waals surface area (Å²) in [5.74, 6) is -1.76. The quantitative estimate of drug-likeness (QED) is 0.796. The Bertz CT molecular complexity index is 665. The molecule has 1 fully saturated rings. The number of benzene rings is 1. The topological polar surface area (TPSA) is 63.7 Å². The summed E-state index contributed by atoms with van der Waals surface area (Å²) in [5, 5.41) is -1.61. The predicted octanol–water partition coefficient (Wildman–Crippen LogP) is 1.89. The van der Waals surface area contributed by atoms with Gasteiger partial charge in [-0.2, -0.15) is 8.42 Å². The van der Waals surface area contributed by atoms with E-state index in [0.717, 1.165) is 4.90 Å². The number of ether oxygens (including phenoxy) is 1. The van der Waals surface area contributed by atoms with E-state index in [2.05, 4.69) is 0 Å². The fourth-order valence-corrected chi connectivity index (χ4v) is 2.92. The molecule has 2 rings (SSSR count). The molecule has 1 aliphatic rings. The normalized spacial score (nSPS) is 19.5. The Balaban J connectivity index is 2.45. The fourth-order valence-electron chi connectivity index (χ4n) is 2.01. The van der Waals surface area contributed by atoms with Crippen LogP contribution in [0.2, 0.25) is 5.02 Å². The molecule has 0 spiro atoms. The van der Waals surface area contributed by atoms with Gasteiger partial charge in [-0.15, -0.1) is 3.89 Å². The summed E-state index contributed by atoms with van der Waals surface area (Å²) >= 11 is 5.83. The lowest BCUT2D eigenvalue weighted by atomic mass is 10.2. The summed E-state index contributed by atoms with van der Waals surface area (Å²) < 4.78 is 53.6. The maximum absolute atomic E-state index is 14.1. The minimum Gasteiger partial charge on any atom is -0.494 e. The van der Waals surface area contributed by atoms with Gasteiger partial charge < -0.3 is 9.64 Å². The molecule has 1 amide bonds. The van der Waals surface area contributed by atoms with E-state index in [9.17, 15) is 21.5 Å². The molecule has 0 bridgehead atoms. The SMILES string of the molecule is COc1ccc(Cl)c(N2CC(S(=O)(=O)F)CC2=O)c1F. The number of hydrogen-bond acceptors (Lipinski definition) is 4. The number of rotatable bonds is 3. The minimum atomic E-state index is -4.88. The average Bonchev–Trinajstić information content (AvgIpc) is 2.72. The molecule has 1 aromatic rings. The van der Waals surface area contributed by atoms with Crippen LogP contribution in [0.25, 0.3) is 0 Å². The molecule has 110 valence electrons. The van der Waals surface area contributed by atoms with Crippen LogP contribution in [-0.4, -0.2) is 33.2 Å². The van der Waals surface area contributed by atoms with Crippen molar-refractivity contribution >= 4 is 33.4 Å². The van der Waals surface area contributed by atoms with Crippen molar-refractivity contribution in [3.63, 3.8) is 0 Å². The van der Waals surface area contributed by atoms with Crippen LogP contribution in [0.3, 0.4) is 0 Å². The van der Waals surface area contributed by atoms with Gasteiger partial charge >= 0.3 is 10.2 Å². The number of methoxy groups -OCH3 is 1. The van der Waals surface area contributed by atoms with Crippen molar-refractivity contribution < 1.29 is 26.2 Å². The van der Waals surface area contributed by atoms with Gasteiger partial charge in [0.2, 0.25) is 5.91 Å². The molecule has 0 saturated carbocycles. The maximum Gasteiger partial charge on any atom is 0.307 e. The summed E-state index contributed by atoms with van der Waals surface area (Å²) in [6.07, 6.45) is -0.550. The van der Waals surface area contributed by atoms with Gasteiger partial charge in [-0.25, -0.2) is 4.39 Å². The monoisotopic (exact) mass is 325 g/mol. The molecular formula is C11H10ClF2NO4S. The second-order valence-electron chi connectivity index (χ2n) is 4.22. The van der Waals surface area contributed by atoms with Gasteiger partial charge in [0.1, 0.15) is 10.9 Å². The second kappa shape index (κ2) is 5.17. The number of hydrogen-bond donors (Lipinski definition) is 0. The molecule has 0 aromatic heterocycles. The van der Waals surface area contributed by atoms with Gasteiger partial charge in [0.05, 0.1) is 12.1 Å². The lowest BCUT2D eigenvalue weighted by molar-refractivity contribution is -0.117. The number of amides is 1. The molecule has 1 aliphatic heterocycles. The summed E-state index contributed by atoms with van der Waals surface area (Å²) in [6, 6.07) is 2.58. The van der Waals surface area contributed by atoms with Gasteiger partial charge in [-0.05, 0) is 12.1 Å². The number of halogens is 3. The van der Waals surface area contributed by atoms with Crippen LogP contribution in [-0.2, 0) is 15.0 Å². The first-order valence-corrected chi connectivity index (χ1v) is 7.34. The van der Waals surface area contributed by atoms with Gasteiger partial charge in [0.25, 0.3) is 0 Å². The third kappa shape index (κ3) is 2.57. The number of carbonyl (C=O) groups excluding carboxylic acids is 1. The zero-order chi connectivity index (χ0) is 15.1. The lowest BCUT2D eigenvalue weighted by Crippen LogP contribution is -2.28. The fraction of sp³-hybridized carbons (Fsp3) is 0.364. The zero-order valence-electron chi connectivity index (χ0n) is 10.3. The van der Waals surface area contributed by atoms with Crippen molar-refractivity contribution in [2.24, 2.45) is 0 Å². The summed E-state index contributed by atoms with van der Waals surface area (Å²) in [6.45, 7) is -0.485. The van der Waals surface area contributed by atoms with E-state index < -0.39 is 40.2 Å². The standard InChI is InChI=1S/C11H10ClF2NO4S/c1-19-8-3-2-7(12)11(10(8)13)15-5-6(4-9(15)16)20(14,17)18/h2-3,6H,4-5H2,1H3. The molecule has 1 aromatic carbocycles. The van der Waals surface area contributed by atoms with Crippen LogP contribution in [0, 0.1) is 5.82 Å². The summed E-state index contributed by atoms with van der Waals surface area (Å²) in [4.78, 5) is 12.6. The third-order valence-electron chi connectivity index (χ3n) is 3.01. The molecule has 1 saturated heterocycles. The minimum absolute atomic E-state index is 0.0893. The van der Waals surface area contributed by atoms with E-state index in [0.29, 0.717) is 0 Å². The largest absolute Gasteiger partial charge is 0.494 e. The highest BCUT2D eigenvalue weighted by molar-refractivity contribution is 7.87. The van der Waals surface area contributed by atoms with E-state index in [4.69, 9.17) is 16.3 Å². The first-order valence-electron chi connectivity index (χ1n) is 5.51. The zero-order valence-corrected chi connectivity index (χ0v) is 11.8. The van der Waals surface area contributed by atoms with Crippen molar-refractivity contribution in [2.45, 2.75) is 11.7 Å². The number of anilines is 1. The van der Waals surface area contributed by atoms with Gasteiger partial charge in [-0.1, -0.05) is 11.6 Å². The van der Waals surface area contributed by atoms with Gasteiger partial charge in [0, 0.05) is 13.0 Å². The highest BCUT2D eigenvalue weighted by Gasteiger charge is 2.41. The molecule has 1 heterocycles. The van der Waals surface area contributed by atoms with Crippen LogP contribution in [0.5, 0.6) is 5.75 Å². The van der Waals surface area contributed by atoms with Crippen molar-refractivity contribution in [3.8, 4) is 5.75 Å². The smallest absolute Gasteiger partial charge is 0.307 e. The van der Waals surface area contributed by atoms with E-state index in [1.54, 1.807) is 0 Å². The highest BCUT2D eigenvalue weighted by atomic mass is 35.5. The van der Waals surface area contributed by atoms with Crippen LogP contribution >= 0.6 is 11.6 Å². The van der Waals surface area contributed by atoms with Crippen molar-refractivity contribution in [1.82, 2.24) is 0 Å². The van der Waals surface area contributed by atoms with Crippen molar-refractivity contribution in [1.29, 1.82) is 0 Å². The summed E-state index contributed by atoms with van der Waals surface area (Å²) in [7, 11) is -3.64. The van der Waals surface area contributed by atoms with Gasteiger partial charge in [-0.3, -0.25) is 4.79 Å². The van der Waals surface area contributed by atoms with E-state index in [1.807, 2.05) is 0 Å². The van der Waals surface area contributed by atoms with Crippen LogP contribution < -0.4 is 9.64 Å². The third-order valence-corrected chi connectivity index (χ3v) is 4.43. The highest BCUT2D eigenvalue weighted by Crippen LogP contribution is 2.37.